The van der Waals surface area contributed by atoms with Crippen LogP contribution in [0.1, 0.15) is 26.2 Å². The number of benzene rings is 1. The molecule has 122 valence electrons. The van der Waals surface area contributed by atoms with Gasteiger partial charge < -0.3 is 10.6 Å². The van der Waals surface area contributed by atoms with E-state index < -0.39 is 10.0 Å². The van der Waals surface area contributed by atoms with Gasteiger partial charge in [0.1, 0.15) is 0 Å². The fourth-order valence-corrected chi connectivity index (χ4v) is 3.58. The summed E-state index contributed by atoms with van der Waals surface area (Å²) in [6.07, 6.45) is 2.27. The number of nitrogens with one attached hydrogen (secondary N) is 3. The van der Waals surface area contributed by atoms with Crippen LogP contribution in [0, 0.1) is 5.92 Å². The highest BCUT2D eigenvalue weighted by molar-refractivity contribution is 7.92. The molecule has 0 unspecified atom stereocenters. The Balaban J connectivity index is 1.92. The first-order valence-electron chi connectivity index (χ1n) is 7.62. The van der Waals surface area contributed by atoms with Crippen molar-refractivity contribution in [3.05, 3.63) is 24.3 Å². The van der Waals surface area contributed by atoms with E-state index in [9.17, 15) is 13.2 Å². The molecular formula is C15H23N3O3S. The molecule has 1 heterocycles. The van der Waals surface area contributed by atoms with Crippen molar-refractivity contribution in [3.63, 3.8) is 0 Å². The molecule has 22 heavy (non-hydrogen) atoms. The Hall–Kier alpha value is -1.60. The highest BCUT2D eigenvalue weighted by atomic mass is 32.2. The second-order valence-corrected chi connectivity index (χ2v) is 7.35. The molecule has 1 aromatic carbocycles. The maximum Gasteiger partial charge on any atom is 0.232 e. The molecule has 6 nitrogen and oxygen atoms in total. The second kappa shape index (κ2) is 7.60. The summed E-state index contributed by atoms with van der Waals surface area (Å²) in [4.78, 5) is 12.1. The molecule has 0 bridgehead atoms. The third-order valence-corrected chi connectivity index (χ3v) is 5.10. The van der Waals surface area contributed by atoms with Gasteiger partial charge in [-0.25, -0.2) is 8.42 Å². The summed E-state index contributed by atoms with van der Waals surface area (Å²) in [6.45, 7) is 3.56. The lowest BCUT2D eigenvalue weighted by molar-refractivity contribution is -0.120. The number of carbonyl (C=O) groups is 1. The largest absolute Gasteiger partial charge is 0.326 e. The maximum atomic E-state index is 12.1. The average molecular weight is 325 g/mol. The molecule has 1 amide bonds. The molecule has 0 spiro atoms. The molecule has 1 aromatic rings. The van der Waals surface area contributed by atoms with E-state index in [0.29, 0.717) is 17.8 Å². The molecule has 0 radical (unpaired) electrons. The summed E-state index contributed by atoms with van der Waals surface area (Å²) in [7, 11) is -3.28. The molecule has 1 saturated heterocycles. The molecule has 2 rings (SSSR count). The summed E-state index contributed by atoms with van der Waals surface area (Å²) in [6, 6.07) is 6.74. The summed E-state index contributed by atoms with van der Waals surface area (Å²) in [5.41, 5.74) is 1.19. The van der Waals surface area contributed by atoms with Crippen molar-refractivity contribution < 1.29 is 13.2 Å². The SMILES string of the molecule is CCCS(=O)(=O)Nc1ccc(NC(=O)C2CCNCC2)cc1. The number of rotatable bonds is 6. The molecule has 0 saturated carbocycles. The second-order valence-electron chi connectivity index (χ2n) is 5.51. The van der Waals surface area contributed by atoms with E-state index in [1.54, 1.807) is 24.3 Å². The van der Waals surface area contributed by atoms with Gasteiger partial charge >= 0.3 is 0 Å². The zero-order valence-corrected chi connectivity index (χ0v) is 13.6. The fraction of sp³-hybridized carbons (Fsp3) is 0.533. The Morgan fingerprint density at radius 2 is 1.77 bits per heavy atom. The summed E-state index contributed by atoms with van der Waals surface area (Å²) >= 11 is 0. The predicted molar refractivity (Wildman–Crippen MR) is 88.4 cm³/mol. The maximum absolute atomic E-state index is 12.1. The van der Waals surface area contributed by atoms with Crippen molar-refractivity contribution in [2.24, 2.45) is 5.92 Å². The lowest BCUT2D eigenvalue weighted by Crippen LogP contribution is -2.34. The van der Waals surface area contributed by atoms with Crippen LogP contribution in [0.15, 0.2) is 24.3 Å². The van der Waals surface area contributed by atoms with Crippen LogP contribution in [-0.4, -0.2) is 33.2 Å². The number of piperidine rings is 1. The number of hydrogen-bond donors (Lipinski definition) is 3. The van der Waals surface area contributed by atoms with Gasteiger partial charge in [-0.05, 0) is 56.6 Å². The van der Waals surface area contributed by atoms with Gasteiger partial charge in [0, 0.05) is 17.3 Å². The number of hydrogen-bond acceptors (Lipinski definition) is 4. The molecule has 3 N–H and O–H groups in total. The van der Waals surface area contributed by atoms with E-state index in [2.05, 4.69) is 15.4 Å². The van der Waals surface area contributed by atoms with E-state index >= 15 is 0 Å². The molecule has 1 aliphatic rings. The fourth-order valence-electron chi connectivity index (χ4n) is 2.45. The Labute approximate surface area is 131 Å². The van der Waals surface area contributed by atoms with Gasteiger partial charge in [0.05, 0.1) is 5.75 Å². The molecule has 7 heteroatoms. The number of amides is 1. The Kier molecular flexibility index (Phi) is 5.79. The number of anilines is 2. The quantitative estimate of drug-likeness (QED) is 0.744. The van der Waals surface area contributed by atoms with Crippen LogP contribution in [0.25, 0.3) is 0 Å². The van der Waals surface area contributed by atoms with Crippen molar-refractivity contribution in [1.82, 2.24) is 5.32 Å². The lowest BCUT2D eigenvalue weighted by Gasteiger charge is -2.21. The van der Waals surface area contributed by atoms with Crippen LogP contribution < -0.4 is 15.4 Å². The number of carbonyl (C=O) groups excluding carboxylic acids is 1. The average Bonchev–Trinajstić information content (AvgIpc) is 2.49. The zero-order valence-electron chi connectivity index (χ0n) is 12.8. The predicted octanol–water partition coefficient (Wildman–Crippen LogP) is 1.78. The van der Waals surface area contributed by atoms with Crippen LogP contribution in [0.2, 0.25) is 0 Å². The third-order valence-electron chi connectivity index (χ3n) is 3.61. The van der Waals surface area contributed by atoms with Gasteiger partial charge in [-0.1, -0.05) is 6.92 Å². The van der Waals surface area contributed by atoms with Gasteiger partial charge in [0.2, 0.25) is 15.9 Å². The van der Waals surface area contributed by atoms with Crippen molar-refractivity contribution in [2.45, 2.75) is 26.2 Å². The highest BCUT2D eigenvalue weighted by Gasteiger charge is 2.20. The minimum absolute atomic E-state index is 0.0285. The first-order valence-corrected chi connectivity index (χ1v) is 9.27. The first-order chi connectivity index (χ1) is 10.5. The van der Waals surface area contributed by atoms with E-state index in [4.69, 9.17) is 0 Å². The summed E-state index contributed by atoms with van der Waals surface area (Å²) in [5, 5.41) is 6.11. The van der Waals surface area contributed by atoms with Gasteiger partial charge in [-0.2, -0.15) is 0 Å². The van der Waals surface area contributed by atoms with Crippen LogP contribution >= 0.6 is 0 Å². The van der Waals surface area contributed by atoms with Crippen LogP contribution in [-0.2, 0) is 14.8 Å². The minimum atomic E-state index is -3.28. The van der Waals surface area contributed by atoms with E-state index in [1.807, 2.05) is 6.92 Å². The smallest absolute Gasteiger partial charge is 0.232 e. The van der Waals surface area contributed by atoms with E-state index in [-0.39, 0.29) is 17.6 Å². The standard InChI is InChI=1S/C15H23N3O3S/c1-2-11-22(20,21)18-14-5-3-13(4-6-14)17-15(19)12-7-9-16-10-8-12/h3-6,12,16,18H,2,7-11H2,1H3,(H,17,19). The normalized spacial score (nSPS) is 16.2. The van der Waals surface area contributed by atoms with Crippen LogP contribution in [0.4, 0.5) is 11.4 Å². The van der Waals surface area contributed by atoms with E-state index in [1.165, 1.54) is 0 Å². The summed E-state index contributed by atoms with van der Waals surface area (Å²) in [5.74, 6) is 0.172. The molecule has 0 atom stereocenters. The Morgan fingerprint density at radius 3 is 2.36 bits per heavy atom. The van der Waals surface area contributed by atoms with Crippen molar-refractivity contribution in [1.29, 1.82) is 0 Å². The highest BCUT2D eigenvalue weighted by Crippen LogP contribution is 2.18. The van der Waals surface area contributed by atoms with Gasteiger partial charge in [-0.15, -0.1) is 0 Å². The molecular weight excluding hydrogens is 302 g/mol. The molecule has 1 fully saturated rings. The first kappa shape index (κ1) is 16.8. The van der Waals surface area contributed by atoms with Crippen molar-refractivity contribution in [2.75, 3.05) is 28.9 Å². The molecule has 1 aliphatic heterocycles. The van der Waals surface area contributed by atoms with Crippen LogP contribution in [0.3, 0.4) is 0 Å². The van der Waals surface area contributed by atoms with Gasteiger partial charge in [0.15, 0.2) is 0 Å². The number of sulfonamides is 1. The van der Waals surface area contributed by atoms with Gasteiger partial charge in [0.25, 0.3) is 0 Å². The topological polar surface area (TPSA) is 87.3 Å². The zero-order chi connectivity index (χ0) is 16.0. The molecule has 0 aliphatic carbocycles. The minimum Gasteiger partial charge on any atom is -0.326 e. The lowest BCUT2D eigenvalue weighted by atomic mass is 9.97. The molecule has 0 aromatic heterocycles. The third kappa shape index (κ3) is 4.99. The summed E-state index contributed by atoms with van der Waals surface area (Å²) < 4.78 is 25.9. The van der Waals surface area contributed by atoms with Gasteiger partial charge in [-0.3, -0.25) is 9.52 Å². The monoisotopic (exact) mass is 325 g/mol. The van der Waals surface area contributed by atoms with Crippen LogP contribution in [0.5, 0.6) is 0 Å². The Bertz CT molecular complexity index is 593. The Morgan fingerprint density at radius 1 is 1.18 bits per heavy atom. The van der Waals surface area contributed by atoms with E-state index in [0.717, 1.165) is 25.9 Å². The van der Waals surface area contributed by atoms with Crippen molar-refractivity contribution >= 4 is 27.3 Å². The van der Waals surface area contributed by atoms with Crippen molar-refractivity contribution in [3.8, 4) is 0 Å².